The van der Waals surface area contributed by atoms with Gasteiger partial charge in [-0.1, -0.05) is 27.7 Å². The van der Waals surface area contributed by atoms with E-state index in [2.05, 4.69) is 52.5 Å². The molecule has 3 aromatic rings. The highest BCUT2D eigenvalue weighted by Crippen LogP contribution is 2.20. The Morgan fingerprint density at radius 2 is 1.86 bits per heavy atom. The molecule has 0 saturated carbocycles. The second-order valence-electron chi connectivity index (χ2n) is 5.53. The molecule has 0 fully saturated rings. The molecule has 2 heterocycles. The fourth-order valence-corrected chi connectivity index (χ4v) is 3.37. The predicted octanol–water partition coefficient (Wildman–Crippen LogP) is 3.45. The van der Waals surface area contributed by atoms with Gasteiger partial charge in [0.25, 0.3) is 11.5 Å². The molecule has 0 atom stereocenters. The number of carbonyl (C=O) groups is 2. The number of nitrogen functional groups attached to an aromatic ring is 1. The van der Waals surface area contributed by atoms with Gasteiger partial charge in [0.2, 0.25) is 5.91 Å². The highest BCUT2D eigenvalue weighted by atomic mass is 79.9. The Hall–Kier alpha value is -2.57. The topological polar surface area (TPSA) is 143 Å². The number of halogens is 2. The molecule has 29 heavy (non-hydrogen) atoms. The minimum absolute atomic E-state index is 0.00117. The fraction of sp³-hybridized carbons (Fsp3) is 0.0588. The van der Waals surface area contributed by atoms with Crippen molar-refractivity contribution in [2.24, 2.45) is 0 Å². The van der Waals surface area contributed by atoms with Crippen LogP contribution in [0.5, 0.6) is 0 Å². The summed E-state index contributed by atoms with van der Waals surface area (Å²) in [5.41, 5.74) is 5.59. The van der Waals surface area contributed by atoms with Gasteiger partial charge in [-0.3, -0.25) is 19.4 Å². The Morgan fingerprint density at radius 1 is 1.14 bits per heavy atom. The lowest BCUT2D eigenvalue weighted by Crippen LogP contribution is -2.23. The number of thioether (sulfide) groups is 1. The molecule has 0 bridgehead atoms. The number of nitrogens with two attached hydrogens (primary N) is 1. The highest BCUT2D eigenvalue weighted by molar-refractivity contribution is 9.10. The van der Waals surface area contributed by atoms with Gasteiger partial charge >= 0.3 is 0 Å². The van der Waals surface area contributed by atoms with Crippen LogP contribution >= 0.6 is 43.6 Å². The molecule has 1 aromatic carbocycles. The Morgan fingerprint density at radius 3 is 2.48 bits per heavy atom. The number of rotatable bonds is 6. The van der Waals surface area contributed by atoms with E-state index in [9.17, 15) is 14.4 Å². The summed E-state index contributed by atoms with van der Waals surface area (Å²) in [5.74, 6) is -1.10. The summed E-state index contributed by atoms with van der Waals surface area (Å²) >= 11 is 7.41. The summed E-state index contributed by atoms with van der Waals surface area (Å²) in [7, 11) is 0. The summed E-state index contributed by atoms with van der Waals surface area (Å²) in [6, 6.07) is 10.1. The summed E-state index contributed by atoms with van der Waals surface area (Å²) in [6.45, 7) is 0. The number of furan rings is 1. The van der Waals surface area contributed by atoms with Crippen LogP contribution in [0.15, 0.2) is 59.9 Å². The normalized spacial score (nSPS) is 10.6. The SMILES string of the molecule is Nc1nc(SCC(=O)Nc2ccc(Br)cc2)[nH]c(=O)c1NC(=O)c1ccc(Br)o1. The fourth-order valence-electron chi connectivity index (χ4n) is 2.13. The lowest BCUT2D eigenvalue weighted by atomic mass is 10.3. The van der Waals surface area contributed by atoms with E-state index < -0.39 is 11.5 Å². The zero-order valence-electron chi connectivity index (χ0n) is 14.5. The van der Waals surface area contributed by atoms with Crippen LogP contribution in [0.4, 0.5) is 17.2 Å². The molecule has 0 unspecified atom stereocenters. The molecule has 0 aliphatic rings. The summed E-state index contributed by atoms with van der Waals surface area (Å²) in [5, 5.41) is 5.23. The number of amides is 2. The Balaban J connectivity index is 1.62. The maximum Gasteiger partial charge on any atom is 0.291 e. The van der Waals surface area contributed by atoms with E-state index in [1.54, 1.807) is 30.3 Å². The summed E-state index contributed by atoms with van der Waals surface area (Å²) in [6.07, 6.45) is 0. The van der Waals surface area contributed by atoms with E-state index in [0.29, 0.717) is 10.4 Å². The number of aromatic amines is 1. The number of carbonyl (C=O) groups excluding carboxylic acids is 2. The van der Waals surface area contributed by atoms with Crippen molar-refractivity contribution in [1.29, 1.82) is 0 Å². The molecule has 2 amide bonds. The molecule has 0 saturated heterocycles. The van der Waals surface area contributed by atoms with Crippen molar-refractivity contribution < 1.29 is 14.0 Å². The van der Waals surface area contributed by atoms with Crippen LogP contribution in [0.1, 0.15) is 10.6 Å². The molecule has 9 nitrogen and oxygen atoms in total. The highest BCUT2D eigenvalue weighted by Gasteiger charge is 2.17. The zero-order chi connectivity index (χ0) is 21.0. The van der Waals surface area contributed by atoms with Gasteiger partial charge in [0, 0.05) is 10.2 Å². The van der Waals surface area contributed by atoms with Gasteiger partial charge in [-0.15, -0.1) is 0 Å². The molecular formula is C17H13Br2N5O4S. The van der Waals surface area contributed by atoms with Crippen molar-refractivity contribution in [2.75, 3.05) is 22.1 Å². The third-order valence-corrected chi connectivity index (χ3v) is 5.26. The molecule has 0 aliphatic heterocycles. The van der Waals surface area contributed by atoms with E-state index in [-0.39, 0.29) is 34.1 Å². The molecular weight excluding hydrogens is 530 g/mol. The number of aromatic nitrogens is 2. The number of benzene rings is 1. The maximum absolute atomic E-state index is 12.3. The summed E-state index contributed by atoms with van der Waals surface area (Å²) in [4.78, 5) is 42.9. The van der Waals surface area contributed by atoms with Crippen LogP contribution < -0.4 is 21.9 Å². The van der Waals surface area contributed by atoms with Crippen molar-refractivity contribution >= 4 is 72.6 Å². The van der Waals surface area contributed by atoms with Crippen molar-refractivity contribution in [3.05, 3.63) is 61.7 Å². The predicted molar refractivity (Wildman–Crippen MR) is 117 cm³/mol. The minimum Gasteiger partial charge on any atom is -0.444 e. The van der Waals surface area contributed by atoms with E-state index >= 15 is 0 Å². The minimum atomic E-state index is -0.649. The van der Waals surface area contributed by atoms with Gasteiger partial charge in [-0.2, -0.15) is 0 Å². The van der Waals surface area contributed by atoms with Crippen LogP contribution in [-0.2, 0) is 4.79 Å². The van der Waals surface area contributed by atoms with E-state index in [4.69, 9.17) is 10.2 Å². The van der Waals surface area contributed by atoms with Crippen LogP contribution in [0.3, 0.4) is 0 Å². The van der Waals surface area contributed by atoms with Gasteiger partial charge in [0.05, 0.1) is 5.75 Å². The first-order valence-electron chi connectivity index (χ1n) is 7.96. The molecule has 0 aliphatic carbocycles. The van der Waals surface area contributed by atoms with Crippen LogP contribution in [0.25, 0.3) is 0 Å². The van der Waals surface area contributed by atoms with Crippen LogP contribution in [0, 0.1) is 0 Å². The number of nitrogens with one attached hydrogen (secondary N) is 3. The zero-order valence-corrected chi connectivity index (χ0v) is 18.5. The number of H-pyrrole nitrogens is 1. The van der Waals surface area contributed by atoms with Crippen LogP contribution in [0.2, 0.25) is 0 Å². The first kappa shape index (κ1) is 21.1. The molecule has 3 rings (SSSR count). The molecule has 0 radical (unpaired) electrons. The van der Waals surface area contributed by atoms with Crippen molar-refractivity contribution in [1.82, 2.24) is 9.97 Å². The average molecular weight is 543 g/mol. The number of anilines is 3. The molecule has 150 valence electrons. The first-order chi connectivity index (χ1) is 13.8. The van der Waals surface area contributed by atoms with Gasteiger partial charge in [-0.25, -0.2) is 4.98 Å². The van der Waals surface area contributed by atoms with E-state index in [1.165, 1.54) is 6.07 Å². The van der Waals surface area contributed by atoms with Crippen molar-refractivity contribution in [3.8, 4) is 0 Å². The largest absolute Gasteiger partial charge is 0.444 e. The van der Waals surface area contributed by atoms with Gasteiger partial charge in [-0.05, 0) is 52.3 Å². The third kappa shape index (κ3) is 5.71. The lowest BCUT2D eigenvalue weighted by Gasteiger charge is -2.08. The second-order valence-corrected chi connectivity index (χ2v) is 8.19. The molecule has 12 heteroatoms. The average Bonchev–Trinajstić information content (AvgIpc) is 3.11. The Kier molecular flexibility index (Phi) is 6.77. The number of nitrogens with zero attached hydrogens (tertiary/aromatic N) is 1. The lowest BCUT2D eigenvalue weighted by molar-refractivity contribution is -0.113. The van der Waals surface area contributed by atoms with E-state index in [1.807, 2.05) is 0 Å². The Labute approximate surface area is 185 Å². The monoisotopic (exact) mass is 541 g/mol. The molecule has 5 N–H and O–H groups in total. The number of hydrogen-bond acceptors (Lipinski definition) is 7. The van der Waals surface area contributed by atoms with Crippen molar-refractivity contribution in [3.63, 3.8) is 0 Å². The quantitative estimate of drug-likeness (QED) is 0.276. The van der Waals surface area contributed by atoms with Crippen LogP contribution in [-0.4, -0.2) is 27.5 Å². The van der Waals surface area contributed by atoms with Gasteiger partial charge in [0.15, 0.2) is 27.1 Å². The third-order valence-electron chi connectivity index (χ3n) is 3.43. The maximum atomic E-state index is 12.3. The summed E-state index contributed by atoms with van der Waals surface area (Å²) < 4.78 is 6.39. The smallest absolute Gasteiger partial charge is 0.291 e. The second kappa shape index (κ2) is 9.29. The molecule has 2 aromatic heterocycles. The van der Waals surface area contributed by atoms with E-state index in [0.717, 1.165) is 16.2 Å². The standard InChI is InChI=1S/C17H13Br2N5O4S/c18-8-1-3-9(4-2-8)21-12(25)7-29-17-23-14(20)13(16(27)24-17)22-15(26)10-5-6-11(19)28-10/h1-6H,7H2,(H,21,25)(H,22,26)(H3,20,23,24,27). The van der Waals surface area contributed by atoms with Gasteiger partial charge < -0.3 is 20.8 Å². The Bertz CT molecular complexity index is 1110. The molecule has 0 spiro atoms. The first-order valence-corrected chi connectivity index (χ1v) is 10.5. The van der Waals surface area contributed by atoms with Crippen molar-refractivity contribution in [2.45, 2.75) is 5.16 Å². The number of hydrogen-bond donors (Lipinski definition) is 4. The van der Waals surface area contributed by atoms with Gasteiger partial charge in [0.1, 0.15) is 0 Å².